The van der Waals surface area contributed by atoms with Crippen molar-refractivity contribution in [1.29, 1.82) is 0 Å². The lowest BCUT2D eigenvalue weighted by Gasteiger charge is -1.87. The van der Waals surface area contributed by atoms with Gasteiger partial charge in [-0.3, -0.25) is 0 Å². The molecule has 3 aromatic rings. The Morgan fingerprint density at radius 3 is 2.79 bits per heavy atom. The number of hydrogen-bond donors (Lipinski definition) is 1. The lowest BCUT2D eigenvalue weighted by molar-refractivity contribution is 0.568. The summed E-state index contributed by atoms with van der Waals surface area (Å²) in [6, 6.07) is 12.3. The van der Waals surface area contributed by atoms with Crippen molar-refractivity contribution in [2.75, 3.05) is 0 Å². The number of H-pyrrole nitrogens is 1. The van der Waals surface area contributed by atoms with E-state index < -0.39 is 0 Å². The highest BCUT2D eigenvalue weighted by molar-refractivity contribution is 5.85. The molecule has 0 bridgehead atoms. The van der Waals surface area contributed by atoms with E-state index in [1.165, 1.54) is 5.39 Å². The van der Waals surface area contributed by atoms with Crippen LogP contribution in [0.3, 0.4) is 0 Å². The van der Waals surface area contributed by atoms with E-state index in [1.807, 2.05) is 18.2 Å². The van der Waals surface area contributed by atoms with Gasteiger partial charge in [0.25, 0.3) is 0 Å². The van der Waals surface area contributed by atoms with Gasteiger partial charge in [-0.2, -0.15) is 0 Å². The first-order chi connectivity index (χ1) is 6.93. The number of furan rings is 1. The number of fused-ring (bicyclic) bond motifs is 1. The maximum Gasteiger partial charge on any atom is 0.0995 e. The molecule has 14 heavy (non-hydrogen) atoms. The van der Waals surface area contributed by atoms with E-state index >= 15 is 0 Å². The zero-order chi connectivity index (χ0) is 9.38. The van der Waals surface area contributed by atoms with Crippen molar-refractivity contribution in [3.8, 4) is 11.3 Å². The van der Waals surface area contributed by atoms with Gasteiger partial charge in [0.05, 0.1) is 12.5 Å². The SMILES string of the molecule is c1ccc2[nH]c(-c3ccoc3)cc2c1. The van der Waals surface area contributed by atoms with E-state index in [1.54, 1.807) is 12.5 Å². The summed E-state index contributed by atoms with van der Waals surface area (Å²) in [5, 5.41) is 1.23. The molecule has 3 rings (SSSR count). The fraction of sp³-hybridized carbons (Fsp3) is 0. The van der Waals surface area contributed by atoms with Gasteiger partial charge in [0.2, 0.25) is 0 Å². The summed E-state index contributed by atoms with van der Waals surface area (Å²) in [4.78, 5) is 3.34. The van der Waals surface area contributed by atoms with Crippen LogP contribution in [0, 0.1) is 0 Å². The monoisotopic (exact) mass is 183 g/mol. The van der Waals surface area contributed by atoms with Gasteiger partial charge < -0.3 is 9.40 Å². The second kappa shape index (κ2) is 2.77. The van der Waals surface area contributed by atoms with Crippen molar-refractivity contribution in [2.45, 2.75) is 0 Å². The van der Waals surface area contributed by atoms with Crippen LogP contribution in [0.25, 0.3) is 22.2 Å². The number of hydrogen-bond acceptors (Lipinski definition) is 1. The van der Waals surface area contributed by atoms with Gasteiger partial charge in [-0.05, 0) is 18.2 Å². The van der Waals surface area contributed by atoms with Crippen LogP contribution in [-0.2, 0) is 0 Å². The zero-order valence-electron chi connectivity index (χ0n) is 7.53. The Bertz CT molecular complexity index is 515. The first-order valence-electron chi connectivity index (χ1n) is 4.54. The molecule has 68 valence electrons. The maximum atomic E-state index is 5.04. The van der Waals surface area contributed by atoms with Crippen molar-refractivity contribution in [2.24, 2.45) is 0 Å². The molecule has 0 aliphatic heterocycles. The Kier molecular flexibility index (Phi) is 1.47. The summed E-state index contributed by atoms with van der Waals surface area (Å²) in [5.74, 6) is 0. The molecule has 1 N–H and O–H groups in total. The topological polar surface area (TPSA) is 28.9 Å². The number of nitrogens with one attached hydrogen (secondary N) is 1. The zero-order valence-corrected chi connectivity index (χ0v) is 7.53. The van der Waals surface area contributed by atoms with Crippen LogP contribution in [0.2, 0.25) is 0 Å². The van der Waals surface area contributed by atoms with Crippen molar-refractivity contribution in [3.63, 3.8) is 0 Å². The van der Waals surface area contributed by atoms with Crippen LogP contribution in [0.4, 0.5) is 0 Å². The smallest absolute Gasteiger partial charge is 0.0995 e. The third-order valence-electron chi connectivity index (χ3n) is 2.36. The second-order valence-electron chi connectivity index (χ2n) is 3.28. The number of aromatic nitrogens is 1. The standard InChI is InChI=1S/C12H9NO/c1-2-4-11-9(3-1)7-12(13-11)10-5-6-14-8-10/h1-8,13H. The lowest BCUT2D eigenvalue weighted by Crippen LogP contribution is -1.69. The highest BCUT2D eigenvalue weighted by atomic mass is 16.3. The van der Waals surface area contributed by atoms with Crippen molar-refractivity contribution in [3.05, 3.63) is 48.9 Å². The minimum atomic E-state index is 1.08. The fourth-order valence-corrected chi connectivity index (χ4v) is 1.65. The Morgan fingerprint density at radius 2 is 2.00 bits per heavy atom. The van der Waals surface area contributed by atoms with Crippen LogP contribution >= 0.6 is 0 Å². The number of aromatic amines is 1. The van der Waals surface area contributed by atoms with Crippen molar-refractivity contribution >= 4 is 10.9 Å². The summed E-state index contributed by atoms with van der Waals surface area (Å²) >= 11 is 0. The van der Waals surface area contributed by atoms with E-state index in [9.17, 15) is 0 Å². The Balaban J connectivity index is 2.24. The average molecular weight is 183 g/mol. The molecule has 0 aliphatic carbocycles. The molecule has 0 radical (unpaired) electrons. The molecule has 0 saturated heterocycles. The van der Waals surface area contributed by atoms with Gasteiger partial charge in [0.1, 0.15) is 0 Å². The third kappa shape index (κ3) is 1.04. The van der Waals surface area contributed by atoms with Crippen molar-refractivity contribution in [1.82, 2.24) is 4.98 Å². The van der Waals surface area contributed by atoms with Crippen molar-refractivity contribution < 1.29 is 4.42 Å². The minimum absolute atomic E-state index is 1.08. The van der Waals surface area contributed by atoms with Gasteiger partial charge >= 0.3 is 0 Å². The van der Waals surface area contributed by atoms with Crippen LogP contribution in [-0.4, -0.2) is 4.98 Å². The summed E-state index contributed by atoms with van der Waals surface area (Å²) in [6.45, 7) is 0. The molecule has 2 aromatic heterocycles. The van der Waals surface area contributed by atoms with E-state index in [0.717, 1.165) is 16.8 Å². The minimum Gasteiger partial charge on any atom is -0.472 e. The summed E-state index contributed by atoms with van der Waals surface area (Å²) in [5.41, 5.74) is 3.34. The van der Waals surface area contributed by atoms with Crippen LogP contribution in [0.15, 0.2) is 53.3 Å². The molecule has 2 heteroatoms. The highest BCUT2D eigenvalue weighted by Gasteiger charge is 2.02. The molecule has 0 aliphatic rings. The normalized spacial score (nSPS) is 10.9. The first-order valence-corrected chi connectivity index (χ1v) is 4.54. The molecule has 1 aromatic carbocycles. The predicted molar refractivity (Wildman–Crippen MR) is 56.0 cm³/mol. The summed E-state index contributed by atoms with van der Waals surface area (Å²) in [7, 11) is 0. The van der Waals surface area contributed by atoms with E-state index in [2.05, 4.69) is 23.2 Å². The lowest BCUT2D eigenvalue weighted by atomic mass is 10.2. The predicted octanol–water partition coefficient (Wildman–Crippen LogP) is 3.43. The molecule has 0 spiro atoms. The van der Waals surface area contributed by atoms with Crippen LogP contribution in [0.5, 0.6) is 0 Å². The highest BCUT2D eigenvalue weighted by Crippen LogP contribution is 2.23. The largest absolute Gasteiger partial charge is 0.472 e. The molecule has 0 fully saturated rings. The molecule has 2 nitrogen and oxygen atoms in total. The Labute approximate surface area is 81.2 Å². The van der Waals surface area contributed by atoms with Crippen LogP contribution < -0.4 is 0 Å². The summed E-state index contributed by atoms with van der Waals surface area (Å²) in [6.07, 6.45) is 3.42. The fourth-order valence-electron chi connectivity index (χ4n) is 1.65. The van der Waals surface area contributed by atoms with Gasteiger partial charge in [-0.15, -0.1) is 0 Å². The number of para-hydroxylation sites is 1. The van der Waals surface area contributed by atoms with E-state index in [-0.39, 0.29) is 0 Å². The van der Waals surface area contributed by atoms with Gasteiger partial charge in [0, 0.05) is 22.2 Å². The molecule has 0 saturated carbocycles. The molecular weight excluding hydrogens is 174 g/mol. The van der Waals surface area contributed by atoms with E-state index in [0.29, 0.717) is 0 Å². The molecule has 0 unspecified atom stereocenters. The van der Waals surface area contributed by atoms with Crippen LogP contribution in [0.1, 0.15) is 0 Å². The number of benzene rings is 1. The van der Waals surface area contributed by atoms with Gasteiger partial charge in [0.15, 0.2) is 0 Å². The molecule has 2 heterocycles. The molecule has 0 atom stereocenters. The van der Waals surface area contributed by atoms with Gasteiger partial charge in [-0.1, -0.05) is 18.2 Å². The Hall–Kier alpha value is -1.96. The first kappa shape index (κ1) is 7.44. The van der Waals surface area contributed by atoms with Gasteiger partial charge in [-0.25, -0.2) is 0 Å². The Morgan fingerprint density at radius 1 is 1.07 bits per heavy atom. The molecular formula is C12H9NO. The maximum absolute atomic E-state index is 5.04. The summed E-state index contributed by atoms with van der Waals surface area (Å²) < 4.78 is 5.04. The third-order valence-corrected chi connectivity index (χ3v) is 2.36. The average Bonchev–Trinajstić information content (AvgIpc) is 2.86. The second-order valence-corrected chi connectivity index (χ2v) is 3.28. The number of rotatable bonds is 1. The molecule has 0 amide bonds. The quantitative estimate of drug-likeness (QED) is 0.615. The van der Waals surface area contributed by atoms with E-state index in [4.69, 9.17) is 4.42 Å².